The van der Waals surface area contributed by atoms with E-state index in [0.717, 1.165) is 19.3 Å². The van der Waals surface area contributed by atoms with E-state index in [0.29, 0.717) is 6.10 Å². The second kappa shape index (κ2) is 12.4. The van der Waals surface area contributed by atoms with E-state index in [2.05, 4.69) is 71.4 Å². The molecule has 1 N–H and O–H groups in total. The Morgan fingerprint density at radius 2 is 1.21 bits per heavy atom. The minimum atomic E-state index is -1.35. The van der Waals surface area contributed by atoms with Crippen molar-refractivity contribution < 1.29 is 9.84 Å². The molecular weight excluding hydrogens is 436 g/mol. The molecule has 2 nitrogen and oxygen atoms in total. The Balaban J connectivity index is 0.000000234. The van der Waals surface area contributed by atoms with Crippen LogP contribution in [0.15, 0.2) is 0 Å². The van der Waals surface area contributed by atoms with Crippen LogP contribution in [0.3, 0.4) is 0 Å². The van der Waals surface area contributed by atoms with E-state index in [1.54, 1.807) is 0 Å². The van der Waals surface area contributed by atoms with Gasteiger partial charge in [0.05, 0.1) is 17.6 Å². The molecule has 0 aromatic heterocycles. The molecule has 4 heteroatoms. The second-order valence-electron chi connectivity index (χ2n) is 11.1. The number of hydrogen-bond donors (Lipinski definition) is 1. The fourth-order valence-electron chi connectivity index (χ4n) is 5.63. The van der Waals surface area contributed by atoms with Crippen LogP contribution in [-0.4, -0.2) is 39.1 Å². The van der Waals surface area contributed by atoms with Crippen LogP contribution >= 0.6 is 0 Å². The van der Waals surface area contributed by atoms with Crippen LogP contribution in [0.5, 0.6) is 0 Å². The molecule has 3 fully saturated rings. The summed E-state index contributed by atoms with van der Waals surface area (Å²) in [6.45, 7) is 16.0. The van der Waals surface area contributed by atoms with E-state index in [-0.39, 0.29) is 17.1 Å². The first-order chi connectivity index (χ1) is 15.7. The lowest BCUT2D eigenvalue weighted by atomic mass is 9.74. The Labute approximate surface area is 208 Å². The SMILES string of the molecule is CC[Si](C#C[C@@]1(C)CCCC[C@H]1O)(CC)CC.CC[Si](C#C[C@]12CCCC[C@H]1O2)(CC)CC. The maximum atomic E-state index is 10.2. The maximum Gasteiger partial charge on any atom is 0.154 e. The number of hydrogen-bond acceptors (Lipinski definition) is 2. The quantitative estimate of drug-likeness (QED) is 0.236. The molecule has 188 valence electrons. The molecule has 1 saturated heterocycles. The number of aliphatic hydroxyl groups is 1. The highest BCUT2D eigenvalue weighted by Gasteiger charge is 2.56. The highest BCUT2D eigenvalue weighted by atomic mass is 28.3. The van der Waals surface area contributed by atoms with Crippen molar-refractivity contribution in [1.82, 2.24) is 0 Å². The maximum absolute atomic E-state index is 10.2. The molecule has 1 heterocycles. The van der Waals surface area contributed by atoms with Crippen LogP contribution in [0.25, 0.3) is 0 Å². The number of epoxide rings is 1. The fourth-order valence-corrected chi connectivity index (χ4v) is 10.7. The van der Waals surface area contributed by atoms with Gasteiger partial charge in [-0.15, -0.1) is 17.0 Å². The third-order valence-electron chi connectivity index (χ3n) is 9.45. The monoisotopic (exact) mass is 488 g/mol. The summed E-state index contributed by atoms with van der Waals surface area (Å²) in [5.41, 5.74) is 7.24. The summed E-state index contributed by atoms with van der Waals surface area (Å²) in [5.74, 6) is 7.06. The van der Waals surface area contributed by atoms with Crippen molar-refractivity contribution in [3.05, 3.63) is 0 Å². The van der Waals surface area contributed by atoms with E-state index >= 15 is 0 Å². The number of ether oxygens (including phenoxy) is 1. The summed E-state index contributed by atoms with van der Waals surface area (Å²) in [5, 5.41) is 10.2. The smallest absolute Gasteiger partial charge is 0.154 e. The zero-order chi connectivity index (χ0) is 24.6. The molecule has 0 aromatic carbocycles. The van der Waals surface area contributed by atoms with Crippen molar-refractivity contribution in [2.45, 2.75) is 154 Å². The molecule has 2 saturated carbocycles. The standard InChI is InChI=1S/C15H28OSi.C14H24OSi/c1-5-17(6-2,7-3)13-12-15(4)11-9-8-10-14(15)16;1-4-16(5-2,6-3)12-11-14-10-8-7-9-13(14)15-14/h14,16H,5-11H2,1-4H3;13H,4-10H2,1-3H3/t14-,15-;13-,14-/m11/s1. The average Bonchev–Trinajstić information content (AvgIpc) is 3.59. The summed E-state index contributed by atoms with van der Waals surface area (Å²) < 4.78 is 5.84. The molecule has 2 aliphatic carbocycles. The van der Waals surface area contributed by atoms with Crippen molar-refractivity contribution in [3.8, 4) is 22.9 Å². The van der Waals surface area contributed by atoms with Crippen LogP contribution in [0, 0.1) is 28.3 Å². The van der Waals surface area contributed by atoms with E-state index in [1.807, 2.05) is 0 Å². The highest BCUT2D eigenvalue weighted by molar-refractivity contribution is 6.87. The summed E-state index contributed by atoms with van der Waals surface area (Å²) in [6.07, 6.45) is 9.76. The van der Waals surface area contributed by atoms with Gasteiger partial charge in [-0.05, 0) is 75.3 Å². The van der Waals surface area contributed by atoms with Crippen molar-refractivity contribution in [2.24, 2.45) is 5.41 Å². The molecule has 0 amide bonds. The van der Waals surface area contributed by atoms with Crippen molar-refractivity contribution in [1.29, 1.82) is 0 Å². The zero-order valence-corrected chi connectivity index (χ0v) is 24.9. The summed E-state index contributed by atoms with van der Waals surface area (Å²) in [4.78, 5) is 0. The third-order valence-corrected chi connectivity index (χ3v) is 18.9. The molecule has 4 atom stereocenters. The van der Waals surface area contributed by atoms with Crippen LogP contribution < -0.4 is 0 Å². The van der Waals surface area contributed by atoms with Gasteiger partial charge >= 0.3 is 0 Å². The predicted octanol–water partition coefficient (Wildman–Crippen LogP) is 7.73. The number of aliphatic hydroxyl groups excluding tert-OH is 1. The molecule has 3 rings (SSSR count). The molecule has 1 aliphatic heterocycles. The number of rotatable bonds is 6. The van der Waals surface area contributed by atoms with Crippen LogP contribution in [0.1, 0.15) is 99.8 Å². The first-order valence-electron chi connectivity index (χ1n) is 14.2. The molecule has 0 aromatic rings. The minimum absolute atomic E-state index is 0.0238. The van der Waals surface area contributed by atoms with Crippen LogP contribution in [0.4, 0.5) is 0 Å². The van der Waals surface area contributed by atoms with Crippen molar-refractivity contribution in [2.75, 3.05) is 0 Å². The first-order valence-corrected chi connectivity index (χ1v) is 19.4. The summed E-state index contributed by atoms with van der Waals surface area (Å²) >= 11 is 0. The van der Waals surface area contributed by atoms with Crippen LogP contribution in [-0.2, 0) is 4.74 Å². The Bertz CT molecular complexity index is 718. The van der Waals surface area contributed by atoms with Crippen LogP contribution in [0.2, 0.25) is 36.3 Å². The summed E-state index contributed by atoms with van der Waals surface area (Å²) in [7, 11) is -2.61. The largest absolute Gasteiger partial charge is 0.392 e. The van der Waals surface area contributed by atoms with Gasteiger partial charge in [-0.1, -0.05) is 66.7 Å². The molecule has 33 heavy (non-hydrogen) atoms. The fraction of sp³-hybridized carbons (Fsp3) is 0.862. The van der Waals surface area contributed by atoms with Gasteiger partial charge in [0.1, 0.15) is 16.1 Å². The normalized spacial score (nSPS) is 31.0. The highest BCUT2D eigenvalue weighted by Crippen LogP contribution is 2.47. The second-order valence-corrected chi connectivity index (χ2v) is 21.0. The first kappa shape index (κ1) is 28.7. The van der Waals surface area contributed by atoms with Crippen molar-refractivity contribution >= 4 is 16.1 Å². The lowest BCUT2D eigenvalue weighted by Crippen LogP contribution is -2.36. The van der Waals surface area contributed by atoms with E-state index in [9.17, 15) is 5.11 Å². The molecule has 3 aliphatic rings. The van der Waals surface area contributed by atoms with Gasteiger partial charge in [-0.25, -0.2) is 0 Å². The van der Waals surface area contributed by atoms with Gasteiger partial charge in [-0.3, -0.25) is 0 Å². The Morgan fingerprint density at radius 1 is 0.727 bits per heavy atom. The Hall–Kier alpha value is -0.526. The van der Waals surface area contributed by atoms with E-state index in [1.165, 1.54) is 68.4 Å². The Morgan fingerprint density at radius 3 is 1.70 bits per heavy atom. The minimum Gasteiger partial charge on any atom is -0.392 e. The Kier molecular flexibility index (Phi) is 10.8. The topological polar surface area (TPSA) is 32.8 Å². The van der Waals surface area contributed by atoms with Gasteiger partial charge in [0.2, 0.25) is 0 Å². The zero-order valence-electron chi connectivity index (χ0n) is 22.9. The lowest BCUT2D eigenvalue weighted by Gasteiger charge is -2.34. The lowest BCUT2D eigenvalue weighted by molar-refractivity contribution is 0.0390. The van der Waals surface area contributed by atoms with Gasteiger partial charge in [0, 0.05) is 0 Å². The van der Waals surface area contributed by atoms with E-state index in [4.69, 9.17) is 4.74 Å². The van der Waals surface area contributed by atoms with Crippen molar-refractivity contribution in [3.63, 3.8) is 0 Å². The molecule has 0 bridgehead atoms. The molecule has 0 spiro atoms. The summed E-state index contributed by atoms with van der Waals surface area (Å²) in [6, 6.07) is 7.65. The molecule has 0 unspecified atom stereocenters. The van der Waals surface area contributed by atoms with E-state index < -0.39 is 16.1 Å². The van der Waals surface area contributed by atoms with Gasteiger partial charge in [0.15, 0.2) is 5.60 Å². The predicted molar refractivity (Wildman–Crippen MR) is 149 cm³/mol. The average molecular weight is 489 g/mol. The molecular formula is C29H52O2Si2. The van der Waals surface area contributed by atoms with Gasteiger partial charge < -0.3 is 9.84 Å². The van der Waals surface area contributed by atoms with Gasteiger partial charge in [-0.2, -0.15) is 0 Å². The van der Waals surface area contributed by atoms with Gasteiger partial charge in [0.25, 0.3) is 0 Å². The number of fused-ring (bicyclic) bond motifs is 1. The molecule has 0 radical (unpaired) electrons. The third kappa shape index (κ3) is 7.01.